The minimum Gasteiger partial charge on any atom is -0.492 e. The number of allylic oxidation sites excluding steroid dienone is 2. The van der Waals surface area contributed by atoms with Gasteiger partial charge in [-0.05, 0) is 42.9 Å². The van der Waals surface area contributed by atoms with E-state index in [0.717, 1.165) is 25.0 Å². The number of benzene rings is 1. The van der Waals surface area contributed by atoms with Crippen LogP contribution in [0.5, 0.6) is 5.75 Å². The molecule has 0 heterocycles. The van der Waals surface area contributed by atoms with Crippen LogP contribution in [0, 0.1) is 5.92 Å². The van der Waals surface area contributed by atoms with Gasteiger partial charge in [0.25, 0.3) is 0 Å². The fourth-order valence-corrected chi connectivity index (χ4v) is 2.47. The molecule has 1 aromatic carbocycles. The molecule has 0 saturated carbocycles. The van der Waals surface area contributed by atoms with Crippen LogP contribution < -0.4 is 10.1 Å². The van der Waals surface area contributed by atoms with Crippen molar-refractivity contribution in [3.63, 3.8) is 0 Å². The van der Waals surface area contributed by atoms with Crippen molar-refractivity contribution in [1.82, 2.24) is 5.32 Å². The first-order valence-corrected chi connectivity index (χ1v) is 7.82. The molecule has 0 aromatic heterocycles. The molecule has 0 aliphatic heterocycles. The summed E-state index contributed by atoms with van der Waals surface area (Å²) in [6.45, 7) is 5.41. The number of hydrogen-bond acceptors (Lipinski definition) is 2. The van der Waals surface area contributed by atoms with Gasteiger partial charge in [-0.3, -0.25) is 4.79 Å². The zero-order chi connectivity index (χ0) is 15.1. The van der Waals surface area contributed by atoms with Crippen molar-refractivity contribution in [2.75, 3.05) is 13.2 Å². The zero-order valence-corrected chi connectivity index (χ0v) is 13.0. The molecule has 1 amide bonds. The third-order valence-electron chi connectivity index (χ3n) is 3.86. The minimum absolute atomic E-state index is 0.139. The van der Waals surface area contributed by atoms with Crippen LogP contribution in [0.4, 0.5) is 0 Å². The maximum atomic E-state index is 11.9. The molecule has 3 heteroatoms. The first-order chi connectivity index (χ1) is 10.2. The number of amides is 1. The molecule has 0 radical (unpaired) electrons. The average molecular weight is 287 g/mol. The fraction of sp³-hybridized carbons (Fsp3) is 0.500. The molecular weight excluding hydrogens is 262 g/mol. The van der Waals surface area contributed by atoms with Crippen LogP contribution in [0.1, 0.15) is 44.6 Å². The SMILES string of the molecule is CC(C)c1ccc(OCCNC(=O)[C@@H]2CC=CCC2)cc1. The van der Waals surface area contributed by atoms with E-state index in [-0.39, 0.29) is 11.8 Å². The largest absolute Gasteiger partial charge is 0.492 e. The van der Waals surface area contributed by atoms with Crippen molar-refractivity contribution in [2.24, 2.45) is 5.92 Å². The minimum atomic E-state index is 0.139. The summed E-state index contributed by atoms with van der Waals surface area (Å²) in [6.07, 6.45) is 7.08. The second-order valence-corrected chi connectivity index (χ2v) is 5.84. The van der Waals surface area contributed by atoms with Gasteiger partial charge in [0.05, 0.1) is 6.54 Å². The topological polar surface area (TPSA) is 38.3 Å². The van der Waals surface area contributed by atoms with E-state index in [4.69, 9.17) is 4.74 Å². The molecule has 114 valence electrons. The lowest BCUT2D eigenvalue weighted by molar-refractivity contribution is -0.125. The summed E-state index contributed by atoms with van der Waals surface area (Å²) in [5.74, 6) is 1.68. The van der Waals surface area contributed by atoms with Crippen molar-refractivity contribution >= 4 is 5.91 Å². The number of carbonyl (C=O) groups excluding carboxylic acids is 1. The Morgan fingerprint density at radius 2 is 2.05 bits per heavy atom. The summed E-state index contributed by atoms with van der Waals surface area (Å²) < 4.78 is 5.65. The van der Waals surface area contributed by atoms with Gasteiger partial charge in [-0.25, -0.2) is 0 Å². The molecule has 0 spiro atoms. The highest BCUT2D eigenvalue weighted by atomic mass is 16.5. The molecule has 3 nitrogen and oxygen atoms in total. The first-order valence-electron chi connectivity index (χ1n) is 7.82. The van der Waals surface area contributed by atoms with Crippen molar-refractivity contribution in [3.05, 3.63) is 42.0 Å². The second-order valence-electron chi connectivity index (χ2n) is 5.84. The Morgan fingerprint density at radius 3 is 2.67 bits per heavy atom. The summed E-state index contributed by atoms with van der Waals surface area (Å²) >= 11 is 0. The van der Waals surface area contributed by atoms with Crippen LogP contribution >= 0.6 is 0 Å². The molecule has 1 aliphatic rings. The molecule has 1 N–H and O–H groups in total. The Labute approximate surface area is 127 Å². The molecule has 1 aromatic rings. The Hall–Kier alpha value is -1.77. The Balaban J connectivity index is 1.67. The van der Waals surface area contributed by atoms with Gasteiger partial charge in [0.2, 0.25) is 5.91 Å². The van der Waals surface area contributed by atoms with Crippen LogP contribution in [0.2, 0.25) is 0 Å². The summed E-state index contributed by atoms with van der Waals surface area (Å²) in [5.41, 5.74) is 1.31. The van der Waals surface area contributed by atoms with Gasteiger partial charge in [0, 0.05) is 5.92 Å². The second kappa shape index (κ2) is 7.87. The zero-order valence-electron chi connectivity index (χ0n) is 13.0. The van der Waals surface area contributed by atoms with E-state index in [9.17, 15) is 4.79 Å². The highest BCUT2D eigenvalue weighted by Gasteiger charge is 2.17. The maximum absolute atomic E-state index is 11.9. The lowest BCUT2D eigenvalue weighted by Gasteiger charge is -2.17. The van der Waals surface area contributed by atoms with Crippen LogP contribution in [0.15, 0.2) is 36.4 Å². The molecule has 0 fully saturated rings. The van der Waals surface area contributed by atoms with Crippen LogP contribution in [-0.2, 0) is 4.79 Å². The number of carbonyl (C=O) groups is 1. The molecule has 2 rings (SSSR count). The van der Waals surface area contributed by atoms with Gasteiger partial charge in [-0.2, -0.15) is 0 Å². The van der Waals surface area contributed by atoms with Gasteiger partial charge in [-0.1, -0.05) is 38.1 Å². The molecule has 1 aliphatic carbocycles. The number of ether oxygens (including phenoxy) is 1. The smallest absolute Gasteiger partial charge is 0.223 e. The summed E-state index contributed by atoms with van der Waals surface area (Å²) in [7, 11) is 0. The fourth-order valence-electron chi connectivity index (χ4n) is 2.47. The van der Waals surface area contributed by atoms with Crippen molar-refractivity contribution < 1.29 is 9.53 Å². The summed E-state index contributed by atoms with van der Waals surface area (Å²) in [6, 6.07) is 8.16. The normalized spacial score (nSPS) is 17.8. The standard InChI is InChI=1S/C18H25NO2/c1-14(2)15-8-10-17(11-9-15)21-13-12-19-18(20)16-6-4-3-5-7-16/h3-4,8-11,14,16H,5-7,12-13H2,1-2H3,(H,19,20)/t16-/m1/s1. The van der Waals surface area contributed by atoms with Crippen LogP contribution in [0.25, 0.3) is 0 Å². The Bertz CT molecular complexity index is 476. The molecule has 0 bridgehead atoms. The molecule has 21 heavy (non-hydrogen) atoms. The van der Waals surface area contributed by atoms with Gasteiger partial charge in [0.15, 0.2) is 0 Å². The van der Waals surface area contributed by atoms with Gasteiger partial charge in [0.1, 0.15) is 12.4 Å². The van der Waals surface area contributed by atoms with E-state index < -0.39 is 0 Å². The first kappa shape index (κ1) is 15.6. The third kappa shape index (κ3) is 4.92. The Kier molecular flexibility index (Phi) is 5.85. The maximum Gasteiger partial charge on any atom is 0.223 e. The lowest BCUT2D eigenvalue weighted by atomic mass is 9.94. The third-order valence-corrected chi connectivity index (χ3v) is 3.86. The van der Waals surface area contributed by atoms with E-state index in [1.807, 2.05) is 12.1 Å². The quantitative estimate of drug-likeness (QED) is 0.640. The summed E-state index contributed by atoms with van der Waals surface area (Å²) in [5, 5.41) is 2.95. The van der Waals surface area contributed by atoms with E-state index in [2.05, 4.69) is 43.4 Å². The van der Waals surface area contributed by atoms with Crippen molar-refractivity contribution in [1.29, 1.82) is 0 Å². The van der Waals surface area contributed by atoms with Crippen molar-refractivity contribution in [3.8, 4) is 5.75 Å². The van der Waals surface area contributed by atoms with E-state index in [1.165, 1.54) is 5.56 Å². The number of rotatable bonds is 6. The average Bonchev–Trinajstić information content (AvgIpc) is 2.52. The highest BCUT2D eigenvalue weighted by molar-refractivity contribution is 5.78. The van der Waals surface area contributed by atoms with E-state index in [0.29, 0.717) is 19.1 Å². The number of nitrogens with one attached hydrogen (secondary N) is 1. The predicted molar refractivity (Wildman–Crippen MR) is 85.5 cm³/mol. The lowest BCUT2D eigenvalue weighted by Crippen LogP contribution is -2.34. The number of hydrogen-bond donors (Lipinski definition) is 1. The van der Waals surface area contributed by atoms with E-state index in [1.54, 1.807) is 0 Å². The highest BCUT2D eigenvalue weighted by Crippen LogP contribution is 2.19. The molecule has 0 saturated heterocycles. The molecular formula is C18H25NO2. The van der Waals surface area contributed by atoms with Gasteiger partial charge >= 0.3 is 0 Å². The van der Waals surface area contributed by atoms with E-state index >= 15 is 0 Å². The van der Waals surface area contributed by atoms with Gasteiger partial charge in [-0.15, -0.1) is 0 Å². The summed E-state index contributed by atoms with van der Waals surface area (Å²) in [4.78, 5) is 11.9. The molecule has 0 unspecified atom stereocenters. The monoisotopic (exact) mass is 287 g/mol. The Morgan fingerprint density at radius 1 is 1.29 bits per heavy atom. The van der Waals surface area contributed by atoms with Crippen LogP contribution in [-0.4, -0.2) is 19.1 Å². The predicted octanol–water partition coefficient (Wildman–Crippen LogP) is 3.66. The van der Waals surface area contributed by atoms with Crippen LogP contribution in [0.3, 0.4) is 0 Å². The molecule has 1 atom stereocenters. The van der Waals surface area contributed by atoms with Crippen molar-refractivity contribution in [2.45, 2.75) is 39.0 Å². The van der Waals surface area contributed by atoms with Gasteiger partial charge < -0.3 is 10.1 Å².